The van der Waals surface area contributed by atoms with Crippen LogP contribution >= 0.6 is 38.5 Å². The van der Waals surface area contributed by atoms with Crippen LogP contribution in [0.15, 0.2) is 42.5 Å². The summed E-state index contributed by atoms with van der Waals surface area (Å²) in [4.78, 5) is 0. The Bertz CT molecular complexity index is 508. The second-order valence-corrected chi connectivity index (χ2v) is 5.60. The topological polar surface area (TPSA) is 9.23 Å². The maximum absolute atomic E-state index is 5.84. The molecule has 0 unspecified atom stereocenters. The Labute approximate surface area is 123 Å². The van der Waals surface area contributed by atoms with Gasteiger partial charge in [-0.25, -0.2) is 0 Å². The summed E-state index contributed by atoms with van der Waals surface area (Å²) in [5, 5.41) is 0.873. The van der Waals surface area contributed by atoms with Crippen LogP contribution in [0, 0.1) is 10.5 Å². The monoisotopic (exact) mass is 402 g/mol. The van der Waals surface area contributed by atoms with E-state index in [-0.39, 0.29) is 0 Å². The van der Waals surface area contributed by atoms with Crippen LogP contribution in [0.1, 0.15) is 11.1 Å². The first-order valence-electron chi connectivity index (χ1n) is 5.28. The molecule has 2 rings (SSSR count). The molecule has 0 heterocycles. The van der Waals surface area contributed by atoms with Crippen molar-refractivity contribution < 1.29 is 4.74 Å². The molecule has 0 aromatic heterocycles. The van der Waals surface area contributed by atoms with Gasteiger partial charge in [0, 0.05) is 8.90 Å². The highest BCUT2D eigenvalue weighted by atomic mass is 127. The third-order valence-electron chi connectivity index (χ3n) is 2.44. The van der Waals surface area contributed by atoms with Crippen molar-refractivity contribution >= 4 is 38.5 Å². The first kappa shape index (κ1) is 12.9. The van der Waals surface area contributed by atoms with Gasteiger partial charge in [0.05, 0.1) is 0 Å². The van der Waals surface area contributed by atoms with Crippen LogP contribution in [0.3, 0.4) is 0 Å². The number of aryl methyl sites for hydroxylation is 1. The Balaban J connectivity index is 2.21. The maximum Gasteiger partial charge on any atom is 0.130 e. The molecule has 0 spiro atoms. The lowest BCUT2D eigenvalue weighted by atomic mass is 10.1. The number of hydrogen-bond acceptors (Lipinski definition) is 1. The van der Waals surface area contributed by atoms with Crippen LogP contribution < -0.4 is 4.74 Å². The molecule has 2 aromatic rings. The Kier molecular flexibility index (Phi) is 4.45. The minimum Gasteiger partial charge on any atom is -0.457 e. The quantitative estimate of drug-likeness (QED) is 0.500. The lowest BCUT2D eigenvalue weighted by molar-refractivity contribution is 0.478. The molecule has 0 N–H and O–H groups in total. The van der Waals surface area contributed by atoms with Gasteiger partial charge in [-0.1, -0.05) is 28.1 Å². The predicted octanol–water partition coefficient (Wildman–Crippen LogP) is 5.29. The third-order valence-corrected chi connectivity index (χ3v) is 3.80. The van der Waals surface area contributed by atoms with Gasteiger partial charge in [-0.15, -0.1) is 0 Å². The smallest absolute Gasteiger partial charge is 0.130 e. The Morgan fingerprint density at radius 3 is 2.41 bits per heavy atom. The number of alkyl halides is 1. The van der Waals surface area contributed by atoms with Gasteiger partial charge in [0.1, 0.15) is 11.5 Å². The minimum absolute atomic E-state index is 0.873. The molecular weight excluding hydrogens is 391 g/mol. The highest BCUT2D eigenvalue weighted by Crippen LogP contribution is 2.26. The Hall–Kier alpha value is -0.550. The summed E-state index contributed by atoms with van der Waals surface area (Å²) in [6.45, 7) is 2.06. The molecule has 0 saturated heterocycles. The van der Waals surface area contributed by atoms with Crippen LogP contribution in [0.5, 0.6) is 11.5 Å². The summed E-state index contributed by atoms with van der Waals surface area (Å²) in [6.07, 6.45) is 0. The van der Waals surface area contributed by atoms with Crippen molar-refractivity contribution in [2.45, 2.75) is 12.3 Å². The highest BCUT2D eigenvalue weighted by Gasteiger charge is 2.02. The van der Waals surface area contributed by atoms with Gasteiger partial charge in [-0.05, 0) is 71.0 Å². The van der Waals surface area contributed by atoms with Crippen molar-refractivity contribution in [2.24, 2.45) is 0 Å². The van der Waals surface area contributed by atoms with Crippen molar-refractivity contribution in [1.82, 2.24) is 0 Å². The molecule has 0 bridgehead atoms. The predicted molar refractivity (Wildman–Crippen MR) is 83.0 cm³/mol. The Morgan fingerprint density at radius 1 is 1.12 bits per heavy atom. The molecule has 0 aliphatic carbocycles. The van der Waals surface area contributed by atoms with E-state index < -0.39 is 0 Å². The number of hydrogen-bond donors (Lipinski definition) is 0. The molecule has 0 radical (unpaired) electrons. The lowest BCUT2D eigenvalue weighted by Crippen LogP contribution is -1.89. The van der Waals surface area contributed by atoms with E-state index in [1.165, 1.54) is 9.13 Å². The molecule has 0 aliphatic rings. The number of benzene rings is 2. The normalized spacial score (nSPS) is 10.3. The van der Waals surface area contributed by atoms with Crippen molar-refractivity contribution in [2.75, 3.05) is 0 Å². The summed E-state index contributed by atoms with van der Waals surface area (Å²) in [7, 11) is 0. The largest absolute Gasteiger partial charge is 0.457 e. The fourth-order valence-corrected chi connectivity index (χ4v) is 2.25. The van der Waals surface area contributed by atoms with E-state index in [0.29, 0.717) is 0 Å². The van der Waals surface area contributed by atoms with Gasteiger partial charge in [0.25, 0.3) is 0 Å². The molecule has 1 nitrogen and oxygen atoms in total. The van der Waals surface area contributed by atoms with Gasteiger partial charge < -0.3 is 4.74 Å². The van der Waals surface area contributed by atoms with Crippen LogP contribution in [0.4, 0.5) is 0 Å². The molecule has 88 valence electrons. The first-order valence-corrected chi connectivity index (χ1v) is 7.48. The summed E-state index contributed by atoms with van der Waals surface area (Å²) < 4.78 is 7.05. The van der Waals surface area contributed by atoms with Crippen molar-refractivity contribution in [1.29, 1.82) is 0 Å². The van der Waals surface area contributed by atoms with Gasteiger partial charge in [0.15, 0.2) is 0 Å². The number of halogens is 2. The van der Waals surface area contributed by atoms with E-state index in [1.807, 2.05) is 30.3 Å². The van der Waals surface area contributed by atoms with Crippen LogP contribution in [-0.2, 0) is 5.33 Å². The fourth-order valence-electron chi connectivity index (χ4n) is 1.54. The second-order valence-electron chi connectivity index (χ2n) is 3.79. The van der Waals surface area contributed by atoms with Gasteiger partial charge in [-0.2, -0.15) is 0 Å². The zero-order chi connectivity index (χ0) is 12.3. The molecule has 2 aromatic carbocycles. The summed E-state index contributed by atoms with van der Waals surface area (Å²) in [6, 6.07) is 14.3. The molecule has 0 atom stereocenters. The van der Waals surface area contributed by atoms with E-state index in [4.69, 9.17) is 4.74 Å². The average Bonchev–Trinajstić information content (AvgIpc) is 2.34. The minimum atomic E-state index is 0.873. The maximum atomic E-state index is 5.84. The average molecular weight is 403 g/mol. The standard InChI is InChI=1S/C14H12BrIO/c1-10-8-11(9-15)2-7-14(10)17-13-5-3-12(16)4-6-13/h2-8H,9H2,1H3. The van der Waals surface area contributed by atoms with Crippen molar-refractivity contribution in [3.05, 3.63) is 57.2 Å². The molecule has 0 aliphatic heterocycles. The molecular formula is C14H12BrIO. The summed E-state index contributed by atoms with van der Waals surface area (Å²) >= 11 is 5.73. The molecule has 0 saturated carbocycles. The molecule has 0 amide bonds. The Morgan fingerprint density at radius 2 is 1.82 bits per heavy atom. The van der Waals surface area contributed by atoms with E-state index in [0.717, 1.165) is 22.4 Å². The summed E-state index contributed by atoms with van der Waals surface area (Å²) in [5.74, 6) is 1.79. The lowest BCUT2D eigenvalue weighted by Gasteiger charge is -2.09. The molecule has 3 heteroatoms. The zero-order valence-electron chi connectivity index (χ0n) is 9.41. The number of ether oxygens (including phenoxy) is 1. The van der Waals surface area contributed by atoms with Gasteiger partial charge >= 0.3 is 0 Å². The van der Waals surface area contributed by atoms with Crippen molar-refractivity contribution in [3.63, 3.8) is 0 Å². The highest BCUT2D eigenvalue weighted by molar-refractivity contribution is 14.1. The first-order chi connectivity index (χ1) is 8.19. The molecule has 17 heavy (non-hydrogen) atoms. The van der Waals surface area contributed by atoms with E-state index in [1.54, 1.807) is 0 Å². The van der Waals surface area contributed by atoms with Crippen LogP contribution in [0.2, 0.25) is 0 Å². The van der Waals surface area contributed by atoms with Crippen LogP contribution in [-0.4, -0.2) is 0 Å². The van der Waals surface area contributed by atoms with E-state index >= 15 is 0 Å². The van der Waals surface area contributed by atoms with Gasteiger partial charge in [0.2, 0.25) is 0 Å². The summed E-state index contributed by atoms with van der Waals surface area (Å²) in [5.41, 5.74) is 2.41. The van der Waals surface area contributed by atoms with Gasteiger partial charge in [-0.3, -0.25) is 0 Å². The van der Waals surface area contributed by atoms with E-state index in [2.05, 4.69) is 57.6 Å². The SMILES string of the molecule is Cc1cc(CBr)ccc1Oc1ccc(I)cc1. The van der Waals surface area contributed by atoms with Crippen molar-refractivity contribution in [3.8, 4) is 11.5 Å². The third kappa shape index (κ3) is 3.45. The second kappa shape index (κ2) is 5.87. The zero-order valence-corrected chi connectivity index (χ0v) is 13.2. The molecule has 0 fully saturated rings. The van der Waals surface area contributed by atoms with E-state index in [9.17, 15) is 0 Å². The fraction of sp³-hybridized carbons (Fsp3) is 0.143. The van der Waals surface area contributed by atoms with Crippen LogP contribution in [0.25, 0.3) is 0 Å². The number of rotatable bonds is 3.